The minimum absolute atomic E-state index is 0.249. The van der Waals surface area contributed by atoms with Crippen molar-refractivity contribution in [2.75, 3.05) is 19.0 Å². The molecule has 0 bridgehead atoms. The Kier molecular flexibility index (Phi) is 5.98. The summed E-state index contributed by atoms with van der Waals surface area (Å²) in [6.45, 7) is 2.56. The van der Waals surface area contributed by atoms with E-state index >= 15 is 0 Å². The molecule has 0 radical (unpaired) electrons. The Morgan fingerprint density at radius 3 is 2.39 bits per heavy atom. The third kappa shape index (κ3) is 4.59. The maximum atomic E-state index is 12.9. The molecule has 156 valence electrons. The Bertz CT molecular complexity index is 1160. The van der Waals surface area contributed by atoms with Crippen molar-refractivity contribution in [3.8, 4) is 34.3 Å². The van der Waals surface area contributed by atoms with Gasteiger partial charge in [-0.05, 0) is 67.6 Å². The molecule has 0 saturated carbocycles. The minimum atomic E-state index is -0.249. The lowest BCUT2D eigenvalue weighted by Gasteiger charge is -2.09. The molecule has 4 rings (SSSR count). The van der Waals surface area contributed by atoms with Crippen LogP contribution in [0.2, 0.25) is 0 Å². The normalized spacial score (nSPS) is 10.5. The number of carbonyl (C=O) groups excluding carboxylic acids is 1. The van der Waals surface area contributed by atoms with Crippen molar-refractivity contribution in [1.29, 1.82) is 0 Å². The van der Waals surface area contributed by atoms with Crippen molar-refractivity contribution in [1.82, 2.24) is 4.98 Å². The van der Waals surface area contributed by atoms with Crippen LogP contribution in [0.4, 0.5) is 5.69 Å². The fourth-order valence-electron chi connectivity index (χ4n) is 3.15. The highest BCUT2D eigenvalue weighted by atomic mass is 16.5. The highest BCUT2D eigenvalue weighted by Crippen LogP contribution is 2.29. The topological polar surface area (TPSA) is 73.6 Å². The van der Waals surface area contributed by atoms with Crippen LogP contribution in [0.1, 0.15) is 17.3 Å². The summed E-state index contributed by atoms with van der Waals surface area (Å²) in [5.74, 6) is 2.26. The number of amides is 1. The van der Waals surface area contributed by atoms with E-state index in [1.165, 1.54) is 0 Å². The Hall–Kier alpha value is -4.06. The summed E-state index contributed by atoms with van der Waals surface area (Å²) < 4.78 is 16.6. The molecule has 1 amide bonds. The van der Waals surface area contributed by atoms with E-state index < -0.39 is 0 Å². The summed E-state index contributed by atoms with van der Waals surface area (Å²) in [5.41, 5.74) is 2.63. The number of carbonyl (C=O) groups is 1. The van der Waals surface area contributed by atoms with Crippen LogP contribution in [0.5, 0.6) is 11.5 Å². The van der Waals surface area contributed by atoms with Gasteiger partial charge in [0, 0.05) is 16.8 Å². The minimum Gasteiger partial charge on any atom is -0.497 e. The predicted octanol–water partition coefficient (Wildman–Crippen LogP) is 5.67. The second-order valence-corrected chi connectivity index (χ2v) is 6.72. The maximum Gasteiger partial charge on any atom is 0.256 e. The van der Waals surface area contributed by atoms with Gasteiger partial charge < -0.3 is 19.2 Å². The molecule has 0 fully saturated rings. The van der Waals surface area contributed by atoms with Crippen molar-refractivity contribution in [2.24, 2.45) is 0 Å². The monoisotopic (exact) mass is 414 g/mol. The van der Waals surface area contributed by atoms with Crippen LogP contribution in [0.15, 0.2) is 83.4 Å². The lowest BCUT2D eigenvalue weighted by molar-refractivity contribution is 0.102. The molecule has 0 saturated heterocycles. The molecule has 3 aromatic carbocycles. The van der Waals surface area contributed by atoms with Gasteiger partial charge in [0.15, 0.2) is 5.76 Å². The van der Waals surface area contributed by atoms with Crippen LogP contribution in [0.3, 0.4) is 0 Å². The number of ether oxygens (including phenoxy) is 2. The third-order valence-corrected chi connectivity index (χ3v) is 4.71. The third-order valence-electron chi connectivity index (χ3n) is 4.71. The number of anilines is 1. The molecule has 1 N–H and O–H groups in total. The highest BCUT2D eigenvalue weighted by Gasteiger charge is 2.17. The molecule has 0 unspecified atom stereocenters. The highest BCUT2D eigenvalue weighted by molar-refractivity contribution is 6.08. The van der Waals surface area contributed by atoms with Gasteiger partial charge in [0.1, 0.15) is 11.5 Å². The number of hydrogen-bond acceptors (Lipinski definition) is 5. The molecule has 0 aliphatic heterocycles. The molecule has 0 atom stereocenters. The van der Waals surface area contributed by atoms with E-state index in [4.69, 9.17) is 13.9 Å². The summed E-state index contributed by atoms with van der Waals surface area (Å²) in [6.07, 6.45) is 1.66. The van der Waals surface area contributed by atoms with Gasteiger partial charge in [-0.25, -0.2) is 4.98 Å². The zero-order chi connectivity index (χ0) is 21.6. The van der Waals surface area contributed by atoms with Gasteiger partial charge in [-0.15, -0.1) is 0 Å². The number of benzene rings is 3. The molecular weight excluding hydrogens is 392 g/mol. The van der Waals surface area contributed by atoms with Gasteiger partial charge in [0.05, 0.1) is 25.5 Å². The van der Waals surface area contributed by atoms with E-state index in [1.54, 1.807) is 43.6 Å². The molecule has 0 aliphatic rings. The van der Waals surface area contributed by atoms with Gasteiger partial charge in [0.25, 0.3) is 5.91 Å². The van der Waals surface area contributed by atoms with Gasteiger partial charge in [0.2, 0.25) is 5.89 Å². The summed E-state index contributed by atoms with van der Waals surface area (Å²) in [6, 6.07) is 22.0. The molecular formula is C25H22N2O4. The van der Waals surface area contributed by atoms with Crippen molar-refractivity contribution < 1.29 is 18.7 Å². The van der Waals surface area contributed by atoms with Crippen LogP contribution in [-0.2, 0) is 0 Å². The van der Waals surface area contributed by atoms with E-state index in [0.717, 1.165) is 17.1 Å². The molecule has 6 nitrogen and oxygen atoms in total. The molecule has 1 heterocycles. The van der Waals surface area contributed by atoms with E-state index in [0.29, 0.717) is 35.1 Å². The lowest BCUT2D eigenvalue weighted by Crippen LogP contribution is -2.13. The van der Waals surface area contributed by atoms with Crippen LogP contribution in [0.25, 0.3) is 22.8 Å². The molecule has 0 spiro atoms. The number of rotatable bonds is 7. The number of methoxy groups -OCH3 is 1. The molecule has 0 aliphatic carbocycles. The fraction of sp³-hybridized carbons (Fsp3) is 0.120. The quantitative estimate of drug-likeness (QED) is 0.422. The average molecular weight is 414 g/mol. The second-order valence-electron chi connectivity index (χ2n) is 6.72. The van der Waals surface area contributed by atoms with Crippen LogP contribution in [-0.4, -0.2) is 24.6 Å². The number of hydrogen-bond donors (Lipinski definition) is 1. The van der Waals surface area contributed by atoms with Crippen molar-refractivity contribution in [3.05, 3.63) is 84.6 Å². The van der Waals surface area contributed by atoms with E-state index in [2.05, 4.69) is 10.3 Å². The molecule has 1 aromatic heterocycles. The number of aromatic nitrogens is 1. The first-order chi connectivity index (χ1) is 15.2. The number of nitrogens with one attached hydrogen (secondary N) is 1. The Labute approximate surface area is 180 Å². The lowest BCUT2D eigenvalue weighted by atomic mass is 10.1. The summed E-state index contributed by atoms with van der Waals surface area (Å²) in [4.78, 5) is 17.3. The van der Waals surface area contributed by atoms with Crippen molar-refractivity contribution >= 4 is 11.6 Å². The number of nitrogens with zero attached hydrogens (tertiary/aromatic N) is 1. The average Bonchev–Trinajstić information content (AvgIpc) is 3.30. The Balaban J connectivity index is 1.57. The van der Waals surface area contributed by atoms with Crippen molar-refractivity contribution in [3.63, 3.8) is 0 Å². The fourth-order valence-corrected chi connectivity index (χ4v) is 3.15. The van der Waals surface area contributed by atoms with Crippen LogP contribution >= 0.6 is 0 Å². The van der Waals surface area contributed by atoms with Gasteiger partial charge >= 0.3 is 0 Å². The van der Waals surface area contributed by atoms with Crippen LogP contribution < -0.4 is 14.8 Å². The second kappa shape index (κ2) is 9.17. The Morgan fingerprint density at radius 1 is 0.968 bits per heavy atom. The zero-order valence-corrected chi connectivity index (χ0v) is 17.3. The number of oxazole rings is 1. The Morgan fingerprint density at radius 2 is 1.68 bits per heavy atom. The van der Waals surface area contributed by atoms with Gasteiger partial charge in [-0.2, -0.15) is 0 Å². The summed E-state index contributed by atoms with van der Waals surface area (Å²) >= 11 is 0. The summed E-state index contributed by atoms with van der Waals surface area (Å²) in [7, 11) is 1.60. The van der Waals surface area contributed by atoms with Crippen molar-refractivity contribution in [2.45, 2.75) is 6.92 Å². The smallest absolute Gasteiger partial charge is 0.256 e. The first-order valence-electron chi connectivity index (χ1n) is 9.92. The standard InChI is InChI=1S/C25H22N2O4/c1-3-30-20-12-8-17(9-13-20)23-16-26-25(31-23)22-7-5-4-6-21(22)24(28)27-18-10-14-19(29-2)15-11-18/h4-16H,3H2,1-2H3,(H,27,28). The molecule has 6 heteroatoms. The predicted molar refractivity (Wildman–Crippen MR) is 119 cm³/mol. The van der Waals surface area contributed by atoms with Gasteiger partial charge in [-0.3, -0.25) is 4.79 Å². The van der Waals surface area contributed by atoms with Crippen LogP contribution in [0, 0.1) is 0 Å². The first kappa shape index (κ1) is 20.2. The van der Waals surface area contributed by atoms with E-state index in [1.807, 2.05) is 49.4 Å². The maximum absolute atomic E-state index is 12.9. The summed E-state index contributed by atoms with van der Waals surface area (Å²) in [5, 5.41) is 2.90. The largest absolute Gasteiger partial charge is 0.497 e. The van der Waals surface area contributed by atoms with E-state index in [9.17, 15) is 4.79 Å². The van der Waals surface area contributed by atoms with Gasteiger partial charge in [-0.1, -0.05) is 12.1 Å². The molecule has 31 heavy (non-hydrogen) atoms. The SMILES string of the molecule is CCOc1ccc(-c2cnc(-c3ccccc3C(=O)Nc3ccc(OC)cc3)o2)cc1. The first-order valence-corrected chi connectivity index (χ1v) is 9.92. The molecule has 4 aromatic rings. The zero-order valence-electron chi connectivity index (χ0n) is 17.3. The van der Waals surface area contributed by atoms with E-state index in [-0.39, 0.29) is 5.91 Å².